The predicted octanol–water partition coefficient (Wildman–Crippen LogP) is 3.18. The van der Waals surface area contributed by atoms with Crippen molar-refractivity contribution in [2.75, 3.05) is 26.2 Å². The van der Waals surface area contributed by atoms with E-state index in [1.807, 2.05) is 30.0 Å². The van der Waals surface area contributed by atoms with Crippen LogP contribution >= 0.6 is 0 Å². The van der Waals surface area contributed by atoms with Gasteiger partial charge in [0.2, 0.25) is 11.8 Å². The summed E-state index contributed by atoms with van der Waals surface area (Å²) in [5.74, 6) is 1.07. The molecule has 0 bridgehead atoms. The van der Waals surface area contributed by atoms with Crippen molar-refractivity contribution in [2.45, 2.75) is 45.1 Å². The van der Waals surface area contributed by atoms with Crippen molar-refractivity contribution >= 4 is 17.5 Å². The third-order valence-electron chi connectivity index (χ3n) is 5.88. The fourth-order valence-corrected chi connectivity index (χ4v) is 4.22. The highest BCUT2D eigenvalue weighted by molar-refractivity contribution is 5.78. The van der Waals surface area contributed by atoms with Gasteiger partial charge in [-0.1, -0.05) is 41.6 Å². The summed E-state index contributed by atoms with van der Waals surface area (Å²) in [7, 11) is 0. The maximum atomic E-state index is 12.6. The number of aryl methyl sites for hydroxylation is 1. The number of benzene rings is 1. The van der Waals surface area contributed by atoms with Gasteiger partial charge < -0.3 is 19.6 Å². The molecule has 2 aromatic rings. The van der Waals surface area contributed by atoms with Crippen LogP contribution in [-0.4, -0.2) is 58.1 Å². The molecule has 1 atom stereocenters. The van der Waals surface area contributed by atoms with Gasteiger partial charge in [-0.3, -0.25) is 4.79 Å². The lowest BCUT2D eigenvalue weighted by molar-refractivity contribution is -0.130. The zero-order valence-corrected chi connectivity index (χ0v) is 17.9. The molecule has 4 rings (SSSR count). The third kappa shape index (κ3) is 4.95. The summed E-state index contributed by atoms with van der Waals surface area (Å²) in [5.41, 5.74) is 2.51. The first-order valence-corrected chi connectivity index (χ1v) is 11.0. The van der Waals surface area contributed by atoms with Gasteiger partial charge in [-0.2, -0.15) is 4.98 Å². The molecule has 1 saturated heterocycles. The van der Waals surface area contributed by atoms with Crippen molar-refractivity contribution in [3.8, 4) is 0 Å². The molecule has 1 unspecified atom stereocenters. The molecule has 1 N–H and O–H groups in total. The van der Waals surface area contributed by atoms with E-state index in [4.69, 9.17) is 4.52 Å². The van der Waals surface area contributed by atoms with Crippen molar-refractivity contribution in [2.24, 2.45) is 0 Å². The molecule has 8 nitrogen and oxygen atoms in total. The molecule has 0 saturated carbocycles. The minimum Gasteiger partial charge on any atom is -0.339 e. The van der Waals surface area contributed by atoms with Crippen molar-refractivity contribution in [3.05, 3.63) is 53.7 Å². The summed E-state index contributed by atoms with van der Waals surface area (Å²) in [6.45, 7) is 4.51. The Hall–Kier alpha value is -3.16. The molecule has 1 aromatic carbocycles. The number of carbonyl (C=O) groups excluding carboxylic acids is 2. The highest BCUT2D eigenvalue weighted by Gasteiger charge is 2.33. The van der Waals surface area contributed by atoms with Crippen LogP contribution in [0.2, 0.25) is 0 Å². The van der Waals surface area contributed by atoms with Crippen LogP contribution in [0.3, 0.4) is 0 Å². The average molecular weight is 424 g/mol. The second kappa shape index (κ2) is 9.76. The molecule has 0 radical (unpaired) electrons. The monoisotopic (exact) mass is 423 g/mol. The normalized spacial score (nSPS) is 18.7. The van der Waals surface area contributed by atoms with Crippen molar-refractivity contribution < 1.29 is 14.1 Å². The number of hydrogen-bond acceptors (Lipinski definition) is 5. The van der Waals surface area contributed by atoms with E-state index >= 15 is 0 Å². The summed E-state index contributed by atoms with van der Waals surface area (Å²) < 4.78 is 5.38. The first-order valence-electron chi connectivity index (χ1n) is 11.0. The maximum absolute atomic E-state index is 12.6. The van der Waals surface area contributed by atoms with Crippen molar-refractivity contribution in [1.29, 1.82) is 0 Å². The largest absolute Gasteiger partial charge is 0.339 e. The Bertz CT molecular complexity index is 940. The van der Waals surface area contributed by atoms with Gasteiger partial charge in [-0.05, 0) is 37.3 Å². The number of carbonyl (C=O) groups is 2. The topological polar surface area (TPSA) is 91.6 Å². The van der Waals surface area contributed by atoms with E-state index < -0.39 is 0 Å². The molecule has 8 heteroatoms. The Morgan fingerprint density at radius 3 is 2.81 bits per heavy atom. The van der Waals surface area contributed by atoms with Crippen LogP contribution in [0, 0.1) is 0 Å². The highest BCUT2D eigenvalue weighted by Crippen LogP contribution is 2.30. The van der Waals surface area contributed by atoms with Crippen LogP contribution in [0.15, 0.2) is 40.9 Å². The molecule has 164 valence electrons. The quantitative estimate of drug-likeness (QED) is 0.770. The lowest BCUT2D eigenvalue weighted by atomic mass is 9.99. The number of hydrogen-bond donors (Lipinski definition) is 1. The first kappa shape index (κ1) is 21.1. The van der Waals surface area contributed by atoms with E-state index in [9.17, 15) is 9.59 Å². The van der Waals surface area contributed by atoms with Crippen LogP contribution < -0.4 is 5.32 Å². The Morgan fingerprint density at radius 2 is 2.06 bits per heavy atom. The summed E-state index contributed by atoms with van der Waals surface area (Å²) in [5, 5.41) is 6.91. The van der Waals surface area contributed by atoms with Crippen molar-refractivity contribution in [3.63, 3.8) is 0 Å². The molecule has 3 heterocycles. The molecule has 3 amide bonds. The van der Waals surface area contributed by atoms with E-state index in [0.29, 0.717) is 44.2 Å². The van der Waals surface area contributed by atoms with Gasteiger partial charge in [0.1, 0.15) is 0 Å². The van der Waals surface area contributed by atoms with Gasteiger partial charge in [0.05, 0.1) is 6.04 Å². The number of likely N-dealkylation sites (tertiary alicyclic amines) is 1. The number of amides is 3. The molecule has 1 aromatic heterocycles. The Morgan fingerprint density at radius 1 is 1.23 bits per heavy atom. The standard InChI is InChI=1S/C23H29N5O3/c1-2-24-23(30)28-14-6-9-19(28)22-25-20(31-26-22)10-11-21(29)27-15-12-18(13-16-27)17-7-4-3-5-8-17/h3-5,7-8,12,19H,2,6,9-11,13-16H2,1H3,(H,24,30). The molecule has 31 heavy (non-hydrogen) atoms. The highest BCUT2D eigenvalue weighted by atomic mass is 16.5. The minimum absolute atomic E-state index is 0.0907. The maximum Gasteiger partial charge on any atom is 0.318 e. The lowest BCUT2D eigenvalue weighted by Crippen LogP contribution is -2.39. The van der Waals surface area contributed by atoms with Gasteiger partial charge in [-0.25, -0.2) is 4.79 Å². The lowest BCUT2D eigenvalue weighted by Gasteiger charge is -2.26. The summed E-state index contributed by atoms with van der Waals surface area (Å²) in [6.07, 6.45) is 5.47. The van der Waals surface area contributed by atoms with Crippen LogP contribution in [0.4, 0.5) is 4.79 Å². The molecule has 2 aliphatic rings. The zero-order valence-electron chi connectivity index (χ0n) is 17.9. The van der Waals surface area contributed by atoms with Crippen LogP contribution in [0.1, 0.15) is 55.9 Å². The SMILES string of the molecule is CCNC(=O)N1CCCC1c1noc(CCC(=O)N2CC=C(c3ccccc3)CC2)n1. The van der Waals surface area contributed by atoms with E-state index in [-0.39, 0.29) is 18.0 Å². The molecule has 1 fully saturated rings. The summed E-state index contributed by atoms with van der Waals surface area (Å²) in [6, 6.07) is 10.0. The van der Waals surface area contributed by atoms with E-state index in [1.54, 1.807) is 4.90 Å². The van der Waals surface area contributed by atoms with Gasteiger partial charge in [0, 0.05) is 39.0 Å². The molecular formula is C23H29N5O3. The zero-order chi connectivity index (χ0) is 21.6. The number of rotatable bonds is 6. The predicted molar refractivity (Wildman–Crippen MR) is 116 cm³/mol. The minimum atomic E-state index is -0.164. The van der Waals surface area contributed by atoms with Gasteiger partial charge in [0.25, 0.3) is 0 Å². The van der Waals surface area contributed by atoms with Crippen molar-refractivity contribution in [1.82, 2.24) is 25.3 Å². The Balaban J connectivity index is 1.29. The van der Waals surface area contributed by atoms with E-state index in [2.05, 4.69) is 33.7 Å². The van der Waals surface area contributed by atoms with Crippen LogP contribution in [0.5, 0.6) is 0 Å². The smallest absolute Gasteiger partial charge is 0.318 e. The first-order chi connectivity index (χ1) is 15.2. The molecule has 2 aliphatic heterocycles. The Labute approximate surface area is 182 Å². The van der Waals surface area contributed by atoms with Crippen LogP contribution in [-0.2, 0) is 11.2 Å². The fraction of sp³-hybridized carbons (Fsp3) is 0.478. The second-order valence-corrected chi connectivity index (χ2v) is 7.92. The third-order valence-corrected chi connectivity index (χ3v) is 5.88. The van der Waals surface area contributed by atoms with Gasteiger partial charge in [-0.15, -0.1) is 0 Å². The van der Waals surface area contributed by atoms with Gasteiger partial charge in [0.15, 0.2) is 5.82 Å². The summed E-state index contributed by atoms with van der Waals surface area (Å²) in [4.78, 5) is 33.0. The Kier molecular flexibility index (Phi) is 6.64. The average Bonchev–Trinajstić information content (AvgIpc) is 3.48. The molecule has 0 aliphatic carbocycles. The number of nitrogens with one attached hydrogen (secondary N) is 1. The van der Waals surface area contributed by atoms with Crippen LogP contribution in [0.25, 0.3) is 5.57 Å². The second-order valence-electron chi connectivity index (χ2n) is 7.92. The summed E-state index contributed by atoms with van der Waals surface area (Å²) >= 11 is 0. The number of urea groups is 1. The molecule has 0 spiro atoms. The van der Waals surface area contributed by atoms with E-state index in [0.717, 1.165) is 25.8 Å². The van der Waals surface area contributed by atoms with Gasteiger partial charge >= 0.3 is 6.03 Å². The number of aromatic nitrogens is 2. The fourth-order valence-electron chi connectivity index (χ4n) is 4.22. The molecular weight excluding hydrogens is 394 g/mol. The van der Waals surface area contributed by atoms with E-state index in [1.165, 1.54) is 11.1 Å². The number of nitrogens with zero attached hydrogens (tertiary/aromatic N) is 4.